The molecule has 2 aromatic carbocycles. The Morgan fingerprint density at radius 1 is 1.21 bits per heavy atom. The lowest BCUT2D eigenvalue weighted by atomic mass is 10.1. The first-order valence-corrected chi connectivity index (χ1v) is 8.32. The van der Waals surface area contributed by atoms with Gasteiger partial charge in [0.05, 0.1) is 10.7 Å². The van der Waals surface area contributed by atoms with Gasteiger partial charge in [0.2, 0.25) is 0 Å². The molecule has 28 heavy (non-hydrogen) atoms. The highest BCUT2D eigenvalue weighted by molar-refractivity contribution is 6.39. The van der Waals surface area contributed by atoms with Crippen molar-refractivity contribution in [2.45, 2.75) is 0 Å². The molecule has 1 fully saturated rings. The molecule has 1 aliphatic rings. The van der Waals surface area contributed by atoms with Crippen molar-refractivity contribution < 1.29 is 23.5 Å². The van der Waals surface area contributed by atoms with E-state index in [0.29, 0.717) is 16.2 Å². The molecule has 1 heterocycles. The van der Waals surface area contributed by atoms with Gasteiger partial charge in [0.25, 0.3) is 11.8 Å². The normalized spacial score (nSPS) is 15.4. The Labute approximate surface area is 164 Å². The highest BCUT2D eigenvalue weighted by Gasteiger charge is 2.37. The minimum Gasteiger partial charge on any atom is -0.479 e. The van der Waals surface area contributed by atoms with Gasteiger partial charge in [-0.3, -0.25) is 14.9 Å². The maximum absolute atomic E-state index is 14.0. The molecule has 0 spiro atoms. The van der Waals surface area contributed by atoms with E-state index in [0.717, 1.165) is 6.07 Å². The van der Waals surface area contributed by atoms with Crippen molar-refractivity contribution in [2.75, 3.05) is 11.5 Å². The molecule has 140 valence electrons. The van der Waals surface area contributed by atoms with E-state index >= 15 is 0 Å². The standard InChI is InChI=1S/C20H12ClFN2O4/c1-2-9-28-17-8-7-12(11-14(17)21)10-13-18(25)23-20(27)24(19(13)26)16-6-4-3-5-15(16)22/h1,3-8,10-11H,9H2,(H,23,25,27). The van der Waals surface area contributed by atoms with E-state index in [1.807, 2.05) is 5.32 Å². The molecule has 4 amide bonds. The Balaban J connectivity index is 1.97. The fourth-order valence-electron chi connectivity index (χ4n) is 2.52. The van der Waals surface area contributed by atoms with Crippen molar-refractivity contribution in [2.24, 2.45) is 0 Å². The van der Waals surface area contributed by atoms with Gasteiger partial charge >= 0.3 is 6.03 Å². The van der Waals surface area contributed by atoms with Crippen LogP contribution in [0.3, 0.4) is 0 Å². The van der Waals surface area contributed by atoms with Gasteiger partial charge in [0, 0.05) is 0 Å². The molecule has 8 heteroatoms. The second-order valence-corrected chi connectivity index (χ2v) is 6.00. The van der Waals surface area contributed by atoms with E-state index in [1.54, 1.807) is 6.07 Å². The van der Waals surface area contributed by atoms with E-state index in [9.17, 15) is 18.8 Å². The monoisotopic (exact) mass is 398 g/mol. The molecule has 0 saturated carbocycles. The Morgan fingerprint density at radius 2 is 1.96 bits per heavy atom. The van der Waals surface area contributed by atoms with Crippen LogP contribution in [0, 0.1) is 18.2 Å². The average molecular weight is 399 g/mol. The number of nitrogens with zero attached hydrogens (tertiary/aromatic N) is 1. The Hall–Kier alpha value is -3.63. The number of urea groups is 1. The van der Waals surface area contributed by atoms with E-state index in [4.69, 9.17) is 22.8 Å². The third-order valence-corrected chi connectivity index (χ3v) is 4.07. The summed E-state index contributed by atoms with van der Waals surface area (Å²) in [6.45, 7) is 0.0285. The predicted octanol–water partition coefficient (Wildman–Crippen LogP) is 3.16. The fraction of sp³-hybridized carbons (Fsp3) is 0.0500. The summed E-state index contributed by atoms with van der Waals surface area (Å²) in [7, 11) is 0. The van der Waals surface area contributed by atoms with Gasteiger partial charge in [-0.2, -0.15) is 0 Å². The highest BCUT2D eigenvalue weighted by Crippen LogP contribution is 2.28. The molecule has 1 aliphatic heterocycles. The zero-order valence-corrected chi connectivity index (χ0v) is 15.0. The van der Waals surface area contributed by atoms with E-state index in [2.05, 4.69) is 5.92 Å². The molecule has 1 N–H and O–H groups in total. The first kappa shape index (κ1) is 19.1. The molecule has 0 bridgehead atoms. The van der Waals surface area contributed by atoms with Gasteiger partial charge < -0.3 is 4.74 Å². The Bertz CT molecular complexity index is 1060. The number of rotatable bonds is 4. The number of benzene rings is 2. The third kappa shape index (κ3) is 3.72. The number of hydrogen-bond donors (Lipinski definition) is 1. The number of halogens is 2. The second kappa shape index (κ2) is 7.94. The third-order valence-electron chi connectivity index (χ3n) is 3.77. The molecule has 0 aromatic heterocycles. The first-order chi connectivity index (χ1) is 13.4. The summed E-state index contributed by atoms with van der Waals surface area (Å²) in [4.78, 5) is 37.5. The number of anilines is 1. The quantitative estimate of drug-likeness (QED) is 0.487. The smallest absolute Gasteiger partial charge is 0.336 e. The number of ether oxygens (including phenoxy) is 1. The van der Waals surface area contributed by atoms with Gasteiger partial charge in [-0.25, -0.2) is 14.1 Å². The van der Waals surface area contributed by atoms with Crippen LogP contribution in [0.4, 0.5) is 14.9 Å². The van der Waals surface area contributed by atoms with Gasteiger partial charge in [-0.05, 0) is 35.9 Å². The summed E-state index contributed by atoms with van der Waals surface area (Å²) in [5.41, 5.74) is -0.213. The Morgan fingerprint density at radius 3 is 2.64 bits per heavy atom. The molecule has 1 saturated heterocycles. The molecular weight excluding hydrogens is 387 g/mol. The number of para-hydroxylation sites is 1. The van der Waals surface area contributed by atoms with Crippen molar-refractivity contribution in [1.82, 2.24) is 5.32 Å². The SMILES string of the molecule is C#CCOc1ccc(C=C2C(=O)NC(=O)N(c3ccccc3F)C2=O)cc1Cl. The first-order valence-electron chi connectivity index (χ1n) is 7.94. The number of terminal acetylenes is 1. The second-order valence-electron chi connectivity index (χ2n) is 5.59. The maximum Gasteiger partial charge on any atom is 0.336 e. The molecule has 0 unspecified atom stereocenters. The van der Waals surface area contributed by atoms with E-state index < -0.39 is 23.7 Å². The molecule has 6 nitrogen and oxygen atoms in total. The molecule has 2 aromatic rings. The number of nitrogens with one attached hydrogen (secondary N) is 1. The zero-order valence-electron chi connectivity index (χ0n) is 14.2. The van der Waals surface area contributed by atoms with Crippen molar-refractivity contribution in [3.63, 3.8) is 0 Å². The van der Waals surface area contributed by atoms with E-state index in [-0.39, 0.29) is 22.9 Å². The van der Waals surface area contributed by atoms with Crippen LogP contribution in [-0.4, -0.2) is 24.5 Å². The van der Waals surface area contributed by atoms with Gasteiger partial charge in [0.1, 0.15) is 23.7 Å². The number of carbonyl (C=O) groups is 3. The van der Waals surface area contributed by atoms with Crippen LogP contribution < -0.4 is 15.0 Å². The van der Waals surface area contributed by atoms with Crippen LogP contribution in [0.1, 0.15) is 5.56 Å². The van der Waals surface area contributed by atoms with Crippen LogP contribution in [0.25, 0.3) is 6.08 Å². The number of amides is 4. The lowest BCUT2D eigenvalue weighted by Crippen LogP contribution is -2.54. The summed E-state index contributed by atoms with van der Waals surface area (Å²) in [5.74, 6) is 0.0107. The van der Waals surface area contributed by atoms with Crippen LogP contribution in [-0.2, 0) is 9.59 Å². The maximum atomic E-state index is 14.0. The topological polar surface area (TPSA) is 75.7 Å². The summed E-state index contributed by atoms with van der Waals surface area (Å²) < 4.78 is 19.3. The van der Waals surface area contributed by atoms with Gasteiger partial charge in [-0.15, -0.1) is 6.42 Å². The van der Waals surface area contributed by atoms with E-state index in [1.165, 1.54) is 36.4 Å². The molecular formula is C20H12ClFN2O4. The number of carbonyl (C=O) groups excluding carboxylic acids is 3. The molecule has 0 atom stereocenters. The predicted molar refractivity (Wildman–Crippen MR) is 101 cm³/mol. The van der Waals surface area contributed by atoms with Crippen LogP contribution in [0.2, 0.25) is 5.02 Å². The van der Waals surface area contributed by atoms with Crippen molar-refractivity contribution in [1.29, 1.82) is 0 Å². The summed E-state index contributed by atoms with van der Waals surface area (Å²) >= 11 is 6.10. The minimum absolute atomic E-state index is 0.0285. The van der Waals surface area contributed by atoms with Gasteiger partial charge in [-0.1, -0.05) is 35.7 Å². The Kier molecular flexibility index (Phi) is 5.43. The highest BCUT2D eigenvalue weighted by atomic mass is 35.5. The summed E-state index contributed by atoms with van der Waals surface area (Å²) in [5, 5.41) is 2.24. The van der Waals surface area contributed by atoms with Crippen molar-refractivity contribution >= 4 is 41.2 Å². The van der Waals surface area contributed by atoms with Crippen LogP contribution in [0.15, 0.2) is 48.0 Å². The van der Waals surface area contributed by atoms with Gasteiger partial charge in [0.15, 0.2) is 0 Å². The van der Waals surface area contributed by atoms with Crippen LogP contribution in [0.5, 0.6) is 5.75 Å². The number of barbiturate groups is 1. The fourth-order valence-corrected chi connectivity index (χ4v) is 2.76. The largest absolute Gasteiger partial charge is 0.479 e. The molecule has 0 aliphatic carbocycles. The molecule has 0 radical (unpaired) electrons. The van der Waals surface area contributed by atoms with Crippen molar-refractivity contribution in [3.8, 4) is 18.1 Å². The summed E-state index contributed by atoms with van der Waals surface area (Å²) in [6, 6.07) is 8.75. The zero-order chi connectivity index (χ0) is 20.3. The lowest BCUT2D eigenvalue weighted by molar-refractivity contribution is -0.122. The lowest BCUT2D eigenvalue weighted by Gasteiger charge is -2.26. The van der Waals surface area contributed by atoms with Crippen molar-refractivity contribution in [3.05, 3.63) is 64.4 Å². The summed E-state index contributed by atoms with van der Waals surface area (Å²) in [6.07, 6.45) is 6.37. The number of hydrogen-bond acceptors (Lipinski definition) is 4. The van der Waals surface area contributed by atoms with Crippen LogP contribution >= 0.6 is 11.6 Å². The average Bonchev–Trinajstić information content (AvgIpc) is 2.66. The number of imide groups is 2. The molecule has 3 rings (SSSR count). The minimum atomic E-state index is -1.03.